The van der Waals surface area contributed by atoms with Crippen LogP contribution in [0.2, 0.25) is 0 Å². The van der Waals surface area contributed by atoms with Crippen molar-refractivity contribution in [2.24, 2.45) is 0 Å². The summed E-state index contributed by atoms with van der Waals surface area (Å²) in [7, 11) is 0. The number of hydrogen-bond donors (Lipinski definition) is 1. The van der Waals surface area contributed by atoms with E-state index in [1.54, 1.807) is 0 Å². The highest BCUT2D eigenvalue weighted by molar-refractivity contribution is 8.00. The molecule has 1 N–H and O–H groups in total. The Kier molecular flexibility index (Phi) is 6.70. The number of benzene rings is 1. The number of halogens is 3. The molecule has 1 aliphatic heterocycles. The summed E-state index contributed by atoms with van der Waals surface area (Å²) in [6.07, 6.45) is 5.62. The fourth-order valence-corrected chi connectivity index (χ4v) is 4.55. The van der Waals surface area contributed by atoms with Crippen LogP contribution in [0.4, 0.5) is 13.2 Å². The molecule has 0 radical (unpaired) electrons. The number of nitrogens with one attached hydrogen (secondary N) is 1. The van der Waals surface area contributed by atoms with Crippen LogP contribution in [0.15, 0.2) is 29.2 Å². The third-order valence-electron chi connectivity index (χ3n) is 5.39. The zero-order valence-corrected chi connectivity index (χ0v) is 16.0. The highest BCUT2D eigenvalue weighted by Crippen LogP contribution is 2.37. The van der Waals surface area contributed by atoms with Gasteiger partial charge in [-0.05, 0) is 48.9 Å². The van der Waals surface area contributed by atoms with Crippen molar-refractivity contribution in [3.8, 4) is 0 Å². The molecule has 0 spiro atoms. The Labute approximate surface area is 161 Å². The smallest absolute Gasteiger partial charge is 0.379 e. The standard InChI is InChI=1S/C19H25F3N2O2S/c20-19(21,22)27-16-6-4-15(5-7-16)17(25)23-14-18(8-2-1-3-9-18)24-10-12-26-13-11-24/h4-7H,1-3,8-14H2,(H,23,25). The first-order valence-corrected chi connectivity index (χ1v) is 10.2. The van der Waals surface area contributed by atoms with Gasteiger partial charge in [-0.15, -0.1) is 0 Å². The zero-order chi connectivity index (χ0) is 19.3. The summed E-state index contributed by atoms with van der Waals surface area (Å²) in [4.78, 5) is 15.0. The van der Waals surface area contributed by atoms with Crippen molar-refractivity contribution in [2.45, 2.75) is 48.0 Å². The summed E-state index contributed by atoms with van der Waals surface area (Å²) < 4.78 is 42.7. The van der Waals surface area contributed by atoms with Crippen molar-refractivity contribution in [1.29, 1.82) is 0 Å². The van der Waals surface area contributed by atoms with E-state index in [0.717, 1.165) is 38.8 Å². The van der Waals surface area contributed by atoms with Gasteiger partial charge in [-0.3, -0.25) is 9.69 Å². The number of rotatable bonds is 5. The van der Waals surface area contributed by atoms with E-state index >= 15 is 0 Å². The number of amides is 1. The molecule has 2 aliphatic rings. The monoisotopic (exact) mass is 402 g/mol. The number of carbonyl (C=O) groups is 1. The van der Waals surface area contributed by atoms with Crippen molar-refractivity contribution in [3.63, 3.8) is 0 Å². The normalized spacial score (nSPS) is 21.0. The van der Waals surface area contributed by atoms with Crippen LogP contribution in [0.1, 0.15) is 42.5 Å². The predicted molar refractivity (Wildman–Crippen MR) is 98.9 cm³/mol. The van der Waals surface area contributed by atoms with Crippen LogP contribution in [0.3, 0.4) is 0 Å². The number of hydrogen-bond acceptors (Lipinski definition) is 4. The molecule has 8 heteroatoms. The average Bonchev–Trinajstić information content (AvgIpc) is 2.67. The quantitative estimate of drug-likeness (QED) is 0.754. The van der Waals surface area contributed by atoms with Crippen LogP contribution in [0.5, 0.6) is 0 Å². The molecule has 1 amide bonds. The van der Waals surface area contributed by atoms with Crippen molar-refractivity contribution in [2.75, 3.05) is 32.8 Å². The van der Waals surface area contributed by atoms with E-state index < -0.39 is 5.51 Å². The molecule has 27 heavy (non-hydrogen) atoms. The second-order valence-electron chi connectivity index (χ2n) is 7.14. The first-order valence-electron chi connectivity index (χ1n) is 9.35. The van der Waals surface area contributed by atoms with Gasteiger partial charge in [0.1, 0.15) is 0 Å². The summed E-state index contributed by atoms with van der Waals surface area (Å²) in [5, 5.41) is 3.02. The predicted octanol–water partition coefficient (Wildman–Crippen LogP) is 4.06. The van der Waals surface area contributed by atoms with Gasteiger partial charge in [0.15, 0.2) is 0 Å². The minimum absolute atomic E-state index is 0.0379. The molecular formula is C19H25F3N2O2S. The van der Waals surface area contributed by atoms with Gasteiger partial charge in [0.25, 0.3) is 5.91 Å². The van der Waals surface area contributed by atoms with Crippen LogP contribution < -0.4 is 5.32 Å². The van der Waals surface area contributed by atoms with Gasteiger partial charge in [0.05, 0.1) is 13.2 Å². The van der Waals surface area contributed by atoms with E-state index in [1.165, 1.54) is 30.7 Å². The molecule has 1 aliphatic carbocycles. The third-order valence-corrected chi connectivity index (χ3v) is 6.13. The zero-order valence-electron chi connectivity index (χ0n) is 15.2. The molecule has 1 aromatic rings. The van der Waals surface area contributed by atoms with Crippen molar-refractivity contribution in [1.82, 2.24) is 10.2 Å². The van der Waals surface area contributed by atoms with Gasteiger partial charge in [-0.2, -0.15) is 13.2 Å². The fourth-order valence-electron chi connectivity index (χ4n) is 4.01. The molecule has 4 nitrogen and oxygen atoms in total. The van der Waals surface area contributed by atoms with E-state index in [9.17, 15) is 18.0 Å². The Morgan fingerprint density at radius 3 is 2.33 bits per heavy atom. The minimum atomic E-state index is -4.32. The van der Waals surface area contributed by atoms with Gasteiger partial charge in [-0.1, -0.05) is 19.3 Å². The van der Waals surface area contributed by atoms with Gasteiger partial charge >= 0.3 is 5.51 Å². The van der Waals surface area contributed by atoms with Crippen LogP contribution >= 0.6 is 11.8 Å². The first kappa shape index (κ1) is 20.5. The molecule has 3 rings (SSSR count). The maximum Gasteiger partial charge on any atom is 0.446 e. The second kappa shape index (κ2) is 8.84. The van der Waals surface area contributed by atoms with Gasteiger partial charge in [0, 0.05) is 35.6 Å². The first-order chi connectivity index (χ1) is 12.9. The lowest BCUT2D eigenvalue weighted by Crippen LogP contribution is -2.59. The molecule has 0 unspecified atom stereocenters. The van der Waals surface area contributed by atoms with Crippen LogP contribution in [0, 0.1) is 0 Å². The molecule has 2 fully saturated rings. The summed E-state index contributed by atoms with van der Waals surface area (Å²) in [5.41, 5.74) is -3.98. The van der Waals surface area contributed by atoms with Gasteiger partial charge in [-0.25, -0.2) is 0 Å². The Balaban J connectivity index is 1.62. The number of nitrogens with zero attached hydrogens (tertiary/aromatic N) is 1. The molecule has 1 saturated carbocycles. The van der Waals surface area contributed by atoms with E-state index in [-0.39, 0.29) is 28.1 Å². The number of carbonyl (C=O) groups excluding carboxylic acids is 1. The minimum Gasteiger partial charge on any atom is -0.379 e. The van der Waals surface area contributed by atoms with Crippen LogP contribution in [-0.4, -0.2) is 54.7 Å². The summed E-state index contributed by atoms with van der Waals surface area (Å²) in [6, 6.07) is 5.58. The largest absolute Gasteiger partial charge is 0.446 e. The molecule has 150 valence electrons. The number of thioether (sulfide) groups is 1. The Morgan fingerprint density at radius 2 is 1.74 bits per heavy atom. The molecule has 1 aromatic carbocycles. The highest BCUT2D eigenvalue weighted by Gasteiger charge is 2.38. The Morgan fingerprint density at radius 1 is 1.11 bits per heavy atom. The summed E-state index contributed by atoms with van der Waals surface area (Å²) in [6.45, 7) is 3.74. The third kappa shape index (κ3) is 5.62. The summed E-state index contributed by atoms with van der Waals surface area (Å²) >= 11 is -0.175. The maximum atomic E-state index is 12.5. The van der Waals surface area contributed by atoms with Crippen LogP contribution in [-0.2, 0) is 4.74 Å². The molecule has 1 saturated heterocycles. The Bertz CT molecular complexity index is 625. The highest BCUT2D eigenvalue weighted by atomic mass is 32.2. The van der Waals surface area contributed by atoms with Crippen molar-refractivity contribution < 1.29 is 22.7 Å². The van der Waals surface area contributed by atoms with E-state index in [4.69, 9.17) is 4.74 Å². The van der Waals surface area contributed by atoms with Crippen molar-refractivity contribution >= 4 is 17.7 Å². The lowest BCUT2D eigenvalue weighted by atomic mass is 9.79. The SMILES string of the molecule is O=C(NCC1(N2CCOCC2)CCCCC1)c1ccc(SC(F)(F)F)cc1. The number of morpholine rings is 1. The van der Waals surface area contributed by atoms with Gasteiger partial charge < -0.3 is 10.1 Å². The molecule has 0 aromatic heterocycles. The lowest BCUT2D eigenvalue weighted by Gasteiger charge is -2.48. The molecular weight excluding hydrogens is 377 g/mol. The van der Waals surface area contributed by atoms with Crippen LogP contribution in [0.25, 0.3) is 0 Å². The van der Waals surface area contributed by atoms with E-state index in [2.05, 4.69) is 10.2 Å². The fraction of sp³-hybridized carbons (Fsp3) is 0.632. The summed E-state index contributed by atoms with van der Waals surface area (Å²) in [5.74, 6) is -0.239. The van der Waals surface area contributed by atoms with E-state index in [0.29, 0.717) is 25.3 Å². The topological polar surface area (TPSA) is 41.6 Å². The number of ether oxygens (including phenoxy) is 1. The number of alkyl halides is 3. The molecule has 0 bridgehead atoms. The van der Waals surface area contributed by atoms with Crippen molar-refractivity contribution in [3.05, 3.63) is 29.8 Å². The lowest BCUT2D eigenvalue weighted by molar-refractivity contribution is -0.0361. The molecule has 1 heterocycles. The molecule has 0 atom stereocenters. The van der Waals surface area contributed by atoms with Gasteiger partial charge in [0.2, 0.25) is 0 Å². The second-order valence-corrected chi connectivity index (χ2v) is 8.28. The average molecular weight is 402 g/mol. The van der Waals surface area contributed by atoms with E-state index in [1.807, 2.05) is 0 Å². The maximum absolute atomic E-state index is 12.5. The Hall–Kier alpha value is -1.25.